The number of aromatic hydroxyl groups is 1. The molecule has 0 aliphatic carbocycles. The number of anilines is 1. The summed E-state index contributed by atoms with van der Waals surface area (Å²) in [4.78, 5) is 9.62. The minimum Gasteiger partial charge on any atom is -0.502 e. The highest BCUT2D eigenvalue weighted by Crippen LogP contribution is 2.29. The first-order valence-corrected chi connectivity index (χ1v) is 8.25. The molecule has 0 fully saturated rings. The summed E-state index contributed by atoms with van der Waals surface area (Å²) in [6.07, 6.45) is 0. The molecule has 0 saturated heterocycles. The number of nitrogens with zero attached hydrogens (tertiary/aromatic N) is 1. The fraction of sp³-hybridized carbons (Fsp3) is 0.0769. The molecule has 0 spiro atoms. The van der Waals surface area contributed by atoms with Gasteiger partial charge in [-0.05, 0) is 42.8 Å². The highest BCUT2D eigenvalue weighted by Gasteiger charge is 2.21. The van der Waals surface area contributed by atoms with Gasteiger partial charge < -0.3 is 5.11 Å². The van der Waals surface area contributed by atoms with Crippen molar-refractivity contribution >= 4 is 37.3 Å². The molecule has 2 aromatic rings. The number of hydrogen-bond acceptors (Lipinski definition) is 5. The number of phenols is 1. The topological polar surface area (TPSA) is 110 Å². The Morgan fingerprint density at radius 2 is 1.91 bits per heavy atom. The molecular weight excluding hydrogens is 376 g/mol. The predicted octanol–water partition coefficient (Wildman–Crippen LogP) is 3.17. The second kappa shape index (κ2) is 5.93. The van der Waals surface area contributed by atoms with Gasteiger partial charge in [0.2, 0.25) is 0 Å². The Labute approximate surface area is 134 Å². The standard InChI is InChI=1S/C13H11BrN2O5S/c1-8-6-9(14)2-4-11(8)15-22(20,21)10-3-5-13(17)12(7-10)16(18)19/h2-7,15,17H,1H3. The van der Waals surface area contributed by atoms with Crippen LogP contribution < -0.4 is 4.72 Å². The van der Waals surface area contributed by atoms with Crippen LogP contribution in [0.3, 0.4) is 0 Å². The van der Waals surface area contributed by atoms with E-state index >= 15 is 0 Å². The molecule has 0 heterocycles. The van der Waals surface area contributed by atoms with Crippen LogP contribution in [0.1, 0.15) is 5.56 Å². The number of aryl methyl sites for hydroxylation is 1. The average Bonchev–Trinajstić information content (AvgIpc) is 2.42. The maximum atomic E-state index is 12.3. The number of nitro benzene ring substituents is 1. The third kappa shape index (κ3) is 3.37. The highest BCUT2D eigenvalue weighted by atomic mass is 79.9. The molecule has 0 saturated carbocycles. The lowest BCUT2D eigenvalue weighted by Gasteiger charge is -2.11. The van der Waals surface area contributed by atoms with Crippen molar-refractivity contribution in [2.75, 3.05) is 4.72 Å². The molecule has 2 aromatic carbocycles. The normalized spacial score (nSPS) is 11.2. The van der Waals surface area contributed by atoms with Crippen molar-refractivity contribution in [1.29, 1.82) is 0 Å². The largest absolute Gasteiger partial charge is 0.502 e. The van der Waals surface area contributed by atoms with E-state index in [-0.39, 0.29) is 4.90 Å². The number of phenolic OH excluding ortho intramolecular Hbond substituents is 1. The van der Waals surface area contributed by atoms with Crippen molar-refractivity contribution in [1.82, 2.24) is 0 Å². The molecule has 7 nitrogen and oxygen atoms in total. The minimum atomic E-state index is -4.00. The van der Waals surface area contributed by atoms with Crippen LogP contribution in [-0.4, -0.2) is 18.4 Å². The van der Waals surface area contributed by atoms with Gasteiger partial charge in [0.25, 0.3) is 10.0 Å². The van der Waals surface area contributed by atoms with E-state index in [1.54, 1.807) is 25.1 Å². The van der Waals surface area contributed by atoms with Crippen molar-refractivity contribution in [3.63, 3.8) is 0 Å². The quantitative estimate of drug-likeness (QED) is 0.619. The number of nitrogens with one attached hydrogen (secondary N) is 1. The Balaban J connectivity index is 2.42. The lowest BCUT2D eigenvalue weighted by atomic mass is 10.2. The summed E-state index contributed by atoms with van der Waals surface area (Å²) < 4.78 is 27.8. The van der Waals surface area contributed by atoms with Gasteiger partial charge in [-0.2, -0.15) is 0 Å². The van der Waals surface area contributed by atoms with Crippen LogP contribution in [0.4, 0.5) is 11.4 Å². The van der Waals surface area contributed by atoms with Crippen LogP contribution in [0, 0.1) is 17.0 Å². The number of nitro groups is 1. The molecule has 2 rings (SSSR count). The zero-order chi connectivity index (χ0) is 16.5. The first-order chi connectivity index (χ1) is 10.2. The molecule has 0 amide bonds. The molecule has 116 valence electrons. The monoisotopic (exact) mass is 386 g/mol. The number of benzene rings is 2. The first-order valence-electron chi connectivity index (χ1n) is 5.97. The SMILES string of the molecule is Cc1cc(Br)ccc1NS(=O)(=O)c1ccc(O)c([N+](=O)[O-])c1. The van der Waals surface area contributed by atoms with E-state index in [0.717, 1.165) is 22.7 Å². The Morgan fingerprint density at radius 1 is 1.23 bits per heavy atom. The van der Waals surface area contributed by atoms with Crippen LogP contribution in [0.15, 0.2) is 45.8 Å². The number of sulfonamides is 1. The van der Waals surface area contributed by atoms with Gasteiger partial charge in [-0.1, -0.05) is 15.9 Å². The van der Waals surface area contributed by atoms with E-state index in [9.17, 15) is 23.6 Å². The lowest BCUT2D eigenvalue weighted by Crippen LogP contribution is -2.14. The van der Waals surface area contributed by atoms with Gasteiger partial charge in [-0.15, -0.1) is 0 Å². The molecule has 2 N–H and O–H groups in total. The fourth-order valence-corrected chi connectivity index (χ4v) is 3.39. The van der Waals surface area contributed by atoms with Crippen molar-refractivity contribution in [2.45, 2.75) is 11.8 Å². The van der Waals surface area contributed by atoms with Crippen LogP contribution >= 0.6 is 15.9 Å². The first kappa shape index (κ1) is 16.2. The second-order valence-electron chi connectivity index (χ2n) is 4.47. The molecule has 22 heavy (non-hydrogen) atoms. The van der Waals surface area contributed by atoms with Crippen LogP contribution in [-0.2, 0) is 10.0 Å². The van der Waals surface area contributed by atoms with Gasteiger partial charge in [0, 0.05) is 10.5 Å². The summed E-state index contributed by atoms with van der Waals surface area (Å²) in [6, 6.07) is 7.86. The maximum Gasteiger partial charge on any atom is 0.312 e. The molecule has 0 aliphatic heterocycles. The maximum absolute atomic E-state index is 12.3. The van der Waals surface area contributed by atoms with Crippen LogP contribution in [0.2, 0.25) is 0 Å². The summed E-state index contributed by atoms with van der Waals surface area (Å²) in [6.45, 7) is 1.72. The van der Waals surface area contributed by atoms with E-state index in [4.69, 9.17) is 0 Å². The molecule has 0 aromatic heterocycles. The summed E-state index contributed by atoms with van der Waals surface area (Å²) in [5.41, 5.74) is 0.376. The van der Waals surface area contributed by atoms with Crippen molar-refractivity contribution < 1.29 is 18.4 Å². The average molecular weight is 387 g/mol. The Hall–Kier alpha value is -2.13. The van der Waals surface area contributed by atoms with Crippen molar-refractivity contribution in [3.8, 4) is 5.75 Å². The van der Waals surface area contributed by atoms with E-state index < -0.39 is 26.4 Å². The van der Waals surface area contributed by atoms with Gasteiger partial charge in [0.1, 0.15) is 0 Å². The number of rotatable bonds is 4. The minimum absolute atomic E-state index is 0.306. The van der Waals surface area contributed by atoms with E-state index in [1.165, 1.54) is 0 Å². The lowest BCUT2D eigenvalue weighted by molar-refractivity contribution is -0.386. The van der Waals surface area contributed by atoms with Crippen LogP contribution in [0.5, 0.6) is 5.75 Å². The Kier molecular flexibility index (Phi) is 4.38. The highest BCUT2D eigenvalue weighted by molar-refractivity contribution is 9.10. The zero-order valence-electron chi connectivity index (χ0n) is 11.3. The number of hydrogen-bond donors (Lipinski definition) is 2. The molecule has 0 bridgehead atoms. The number of halogens is 1. The van der Waals surface area contributed by atoms with E-state index in [2.05, 4.69) is 20.7 Å². The third-order valence-electron chi connectivity index (χ3n) is 2.89. The van der Waals surface area contributed by atoms with Gasteiger partial charge >= 0.3 is 5.69 Å². The van der Waals surface area contributed by atoms with Gasteiger partial charge in [0.15, 0.2) is 5.75 Å². The molecule has 0 aliphatic rings. The summed E-state index contributed by atoms with van der Waals surface area (Å²) in [5, 5.41) is 20.1. The third-order valence-corrected chi connectivity index (χ3v) is 4.74. The van der Waals surface area contributed by atoms with Crippen molar-refractivity contribution in [2.24, 2.45) is 0 Å². The molecular formula is C13H11BrN2O5S. The molecule has 0 radical (unpaired) electrons. The molecule has 0 unspecified atom stereocenters. The van der Waals surface area contributed by atoms with Gasteiger partial charge in [-0.25, -0.2) is 8.42 Å². The molecule has 0 atom stereocenters. The van der Waals surface area contributed by atoms with E-state index in [0.29, 0.717) is 11.3 Å². The predicted molar refractivity (Wildman–Crippen MR) is 84.4 cm³/mol. The van der Waals surface area contributed by atoms with Crippen LogP contribution in [0.25, 0.3) is 0 Å². The zero-order valence-corrected chi connectivity index (χ0v) is 13.7. The molecule has 9 heteroatoms. The Bertz CT molecular complexity index is 852. The summed E-state index contributed by atoms with van der Waals surface area (Å²) in [5.74, 6) is -0.594. The fourth-order valence-electron chi connectivity index (χ4n) is 1.76. The summed E-state index contributed by atoms with van der Waals surface area (Å²) in [7, 11) is -4.00. The van der Waals surface area contributed by atoms with Crippen molar-refractivity contribution in [3.05, 3.63) is 56.5 Å². The Morgan fingerprint density at radius 3 is 2.50 bits per heavy atom. The second-order valence-corrected chi connectivity index (χ2v) is 7.07. The van der Waals surface area contributed by atoms with E-state index in [1.807, 2.05) is 0 Å². The van der Waals surface area contributed by atoms with Gasteiger partial charge in [0.05, 0.1) is 15.5 Å². The summed E-state index contributed by atoms with van der Waals surface area (Å²) >= 11 is 3.27. The van der Waals surface area contributed by atoms with Gasteiger partial charge in [-0.3, -0.25) is 14.8 Å². The smallest absolute Gasteiger partial charge is 0.312 e.